The van der Waals surface area contributed by atoms with Gasteiger partial charge in [-0.3, -0.25) is 0 Å². The maximum atomic E-state index is 5.38. The predicted octanol–water partition coefficient (Wildman–Crippen LogP) is 14.2. The first-order valence-electron chi connectivity index (χ1n) is 19.8. The Morgan fingerprint density at radius 2 is 0.931 bits per heavy atom. The van der Waals surface area contributed by atoms with Gasteiger partial charge in [-0.2, -0.15) is 0 Å². The summed E-state index contributed by atoms with van der Waals surface area (Å²) in [5, 5.41) is 7.45. The van der Waals surface area contributed by atoms with Crippen molar-refractivity contribution < 1.29 is 0 Å². The van der Waals surface area contributed by atoms with Crippen LogP contribution in [0.25, 0.3) is 75.1 Å². The molecule has 0 saturated carbocycles. The van der Waals surface area contributed by atoms with Crippen LogP contribution in [-0.4, -0.2) is 23.6 Å². The largest absolute Gasteiger partial charge is 0.333 e. The van der Waals surface area contributed by atoms with Crippen molar-refractivity contribution >= 4 is 64.7 Å². The fourth-order valence-corrected chi connectivity index (χ4v) is 10.1. The molecule has 1 aliphatic heterocycles. The Kier molecular flexibility index (Phi) is 8.30. The zero-order valence-corrected chi connectivity index (χ0v) is 32.7. The highest BCUT2D eigenvalue weighted by atomic mass is 32.1. The lowest BCUT2D eigenvalue weighted by Crippen LogP contribution is -2.35. The first kappa shape index (κ1) is 34.1. The topological polar surface area (TPSA) is 28.0 Å². The fraction of sp³-hybridized carbons (Fsp3) is 0.0370. The number of aliphatic imine (C=N–C) groups is 2. The van der Waals surface area contributed by atoms with Gasteiger partial charge < -0.3 is 4.90 Å². The highest BCUT2D eigenvalue weighted by Gasteiger charge is 2.28. The molecule has 0 saturated heterocycles. The van der Waals surface area contributed by atoms with E-state index in [1.54, 1.807) is 0 Å². The average Bonchev–Trinajstić information content (AvgIpc) is 3.68. The lowest BCUT2D eigenvalue weighted by atomic mass is 9.84. The highest BCUT2D eigenvalue weighted by Crippen LogP contribution is 2.46. The summed E-state index contributed by atoms with van der Waals surface area (Å²) >= 11 is 1.81. The van der Waals surface area contributed by atoms with Gasteiger partial charge in [0.25, 0.3) is 0 Å². The van der Waals surface area contributed by atoms with E-state index in [0.29, 0.717) is 0 Å². The molecule has 0 spiro atoms. The quantitative estimate of drug-likeness (QED) is 0.155. The van der Waals surface area contributed by atoms with E-state index in [-0.39, 0.29) is 6.17 Å². The molecule has 58 heavy (non-hydrogen) atoms. The summed E-state index contributed by atoms with van der Waals surface area (Å²) in [6.45, 7) is 0. The van der Waals surface area contributed by atoms with Gasteiger partial charge in [0.2, 0.25) is 0 Å². The van der Waals surface area contributed by atoms with Crippen molar-refractivity contribution in [2.45, 2.75) is 6.17 Å². The molecule has 9 aromatic carbocycles. The van der Waals surface area contributed by atoms with Crippen LogP contribution in [0.3, 0.4) is 0 Å². The van der Waals surface area contributed by atoms with E-state index >= 15 is 0 Å². The third-order valence-corrected chi connectivity index (χ3v) is 12.8. The van der Waals surface area contributed by atoms with Gasteiger partial charge in [-0.15, -0.1) is 11.3 Å². The summed E-state index contributed by atoms with van der Waals surface area (Å²) in [7, 11) is 2.11. The molecule has 1 unspecified atom stereocenters. The first-order valence-corrected chi connectivity index (χ1v) is 20.6. The Hall–Kier alpha value is -7.14. The van der Waals surface area contributed by atoms with Gasteiger partial charge >= 0.3 is 0 Å². The van der Waals surface area contributed by atoms with E-state index in [4.69, 9.17) is 9.98 Å². The second kappa shape index (κ2) is 14.1. The SMILES string of the molecule is CN1C(c2ccc(-c3c4ccccc4c(-c4ccccc4-c4ccccc4)c4ccccc34)cc2)=NC(c2cccc3c2sc2ccccc23)=NC1c1ccccc1. The number of amidine groups is 2. The summed E-state index contributed by atoms with van der Waals surface area (Å²) in [4.78, 5) is 12.9. The zero-order valence-electron chi connectivity index (χ0n) is 31.9. The van der Waals surface area contributed by atoms with Gasteiger partial charge in [0.1, 0.15) is 12.0 Å². The van der Waals surface area contributed by atoms with Gasteiger partial charge in [0.15, 0.2) is 5.84 Å². The number of nitrogens with zero attached hydrogens (tertiary/aromatic N) is 3. The van der Waals surface area contributed by atoms with Crippen LogP contribution in [0.15, 0.2) is 210 Å². The monoisotopic (exact) mass is 759 g/mol. The lowest BCUT2D eigenvalue weighted by Gasteiger charge is -2.32. The molecule has 2 heterocycles. The highest BCUT2D eigenvalue weighted by molar-refractivity contribution is 7.26. The minimum Gasteiger partial charge on any atom is -0.333 e. The zero-order chi connectivity index (χ0) is 38.6. The van der Waals surface area contributed by atoms with Crippen LogP contribution in [0.5, 0.6) is 0 Å². The number of thiophene rings is 1. The second-order valence-corrected chi connectivity index (χ2v) is 15.9. The average molecular weight is 760 g/mol. The Balaban J connectivity index is 1.06. The molecule has 0 amide bonds. The third-order valence-electron chi connectivity index (χ3n) is 11.5. The minimum atomic E-state index is -0.229. The van der Waals surface area contributed by atoms with Crippen molar-refractivity contribution in [3.05, 3.63) is 217 Å². The molecule has 0 fully saturated rings. The molecule has 0 bridgehead atoms. The van der Waals surface area contributed by atoms with E-state index < -0.39 is 0 Å². The molecule has 4 heteroatoms. The van der Waals surface area contributed by atoms with Gasteiger partial charge in [-0.05, 0) is 72.6 Å². The van der Waals surface area contributed by atoms with E-state index in [0.717, 1.165) is 28.4 Å². The number of hydrogen-bond acceptors (Lipinski definition) is 4. The van der Waals surface area contributed by atoms with Gasteiger partial charge in [0, 0.05) is 38.3 Å². The maximum Gasteiger partial charge on any atom is 0.160 e. The number of fused-ring (bicyclic) bond motifs is 5. The number of rotatable bonds is 6. The molecule has 274 valence electrons. The molecular weight excluding hydrogens is 723 g/mol. The van der Waals surface area contributed by atoms with Gasteiger partial charge in [-0.25, -0.2) is 9.98 Å². The summed E-state index contributed by atoms with van der Waals surface area (Å²) < 4.78 is 2.48. The number of benzene rings is 9. The van der Waals surface area contributed by atoms with E-state index in [2.05, 4.69) is 212 Å². The summed E-state index contributed by atoms with van der Waals surface area (Å²) in [6.07, 6.45) is -0.229. The van der Waals surface area contributed by atoms with Crippen molar-refractivity contribution in [3.8, 4) is 33.4 Å². The Morgan fingerprint density at radius 3 is 1.62 bits per heavy atom. The smallest absolute Gasteiger partial charge is 0.160 e. The van der Waals surface area contributed by atoms with Crippen LogP contribution in [0.4, 0.5) is 0 Å². The molecular formula is C54H37N3S. The lowest BCUT2D eigenvalue weighted by molar-refractivity contribution is 0.383. The van der Waals surface area contributed by atoms with Crippen LogP contribution in [-0.2, 0) is 0 Å². The van der Waals surface area contributed by atoms with Crippen LogP contribution in [0.2, 0.25) is 0 Å². The van der Waals surface area contributed by atoms with E-state index in [9.17, 15) is 0 Å². The standard InChI is InChI=1S/C54H37N3S/c1-57-53(37-19-6-3-7-20-37)55-52(47-29-16-28-46-40-22-14-15-30-48(40)58-51(46)47)56-54(57)38-33-31-36(32-34-38)49-42-24-10-12-26-44(42)50(45-27-13-11-25-43(45)49)41-23-9-8-21-39(41)35-17-4-2-5-18-35/h2-34,53H,1H3. The van der Waals surface area contributed by atoms with E-state index in [1.165, 1.54) is 75.1 Å². The fourth-order valence-electron chi connectivity index (χ4n) is 8.86. The predicted molar refractivity (Wildman–Crippen MR) is 247 cm³/mol. The van der Waals surface area contributed by atoms with Crippen molar-refractivity contribution in [3.63, 3.8) is 0 Å². The first-order chi connectivity index (χ1) is 28.7. The molecule has 11 rings (SSSR count). The summed E-state index contributed by atoms with van der Waals surface area (Å²) in [5.41, 5.74) is 10.6. The van der Waals surface area contributed by atoms with Gasteiger partial charge in [0.05, 0.1) is 0 Å². The minimum absolute atomic E-state index is 0.229. The Labute approximate surface area is 341 Å². The Bertz CT molecular complexity index is 3180. The number of hydrogen-bond donors (Lipinski definition) is 0. The summed E-state index contributed by atoms with van der Waals surface area (Å²) in [5.74, 6) is 1.65. The van der Waals surface area contributed by atoms with Gasteiger partial charge in [-0.1, -0.05) is 188 Å². The van der Waals surface area contributed by atoms with Crippen LogP contribution < -0.4 is 0 Å². The molecule has 3 nitrogen and oxygen atoms in total. The second-order valence-electron chi connectivity index (χ2n) is 14.9. The van der Waals surface area contributed by atoms with Crippen molar-refractivity contribution in [2.75, 3.05) is 7.05 Å². The molecule has 0 N–H and O–H groups in total. The van der Waals surface area contributed by atoms with Crippen LogP contribution in [0, 0.1) is 0 Å². The van der Waals surface area contributed by atoms with Crippen molar-refractivity contribution in [1.82, 2.24) is 4.90 Å². The molecule has 1 atom stereocenters. The summed E-state index contributed by atoms with van der Waals surface area (Å²) in [6, 6.07) is 72.0. The van der Waals surface area contributed by atoms with E-state index in [1.807, 2.05) is 11.3 Å². The molecule has 1 aliphatic rings. The van der Waals surface area contributed by atoms with Crippen molar-refractivity contribution in [1.29, 1.82) is 0 Å². The molecule has 1 aromatic heterocycles. The normalized spacial score (nSPS) is 14.3. The van der Waals surface area contributed by atoms with Crippen LogP contribution in [0.1, 0.15) is 22.9 Å². The van der Waals surface area contributed by atoms with Crippen molar-refractivity contribution in [2.24, 2.45) is 9.98 Å². The molecule has 0 aliphatic carbocycles. The third kappa shape index (κ3) is 5.64. The molecule has 10 aromatic rings. The van der Waals surface area contributed by atoms with Crippen LogP contribution >= 0.6 is 11.3 Å². The maximum absolute atomic E-state index is 5.38. The molecule has 0 radical (unpaired) electrons. The Morgan fingerprint density at radius 1 is 0.414 bits per heavy atom.